The average molecular weight is 250 g/mol. The fraction of sp³-hybridized carbons (Fsp3) is 0.364. The summed E-state index contributed by atoms with van der Waals surface area (Å²) in [6.45, 7) is 3.64. The van der Waals surface area contributed by atoms with Crippen molar-refractivity contribution >= 4 is 11.6 Å². The van der Waals surface area contributed by atoms with E-state index in [1.54, 1.807) is 12.4 Å². The molecule has 0 radical (unpaired) electrons. The van der Waals surface area contributed by atoms with Gasteiger partial charge in [0.2, 0.25) is 0 Å². The number of nitrogens with zero attached hydrogens (tertiary/aromatic N) is 5. The summed E-state index contributed by atoms with van der Waals surface area (Å²) < 4.78 is 2.18. The van der Waals surface area contributed by atoms with E-state index in [-0.39, 0.29) is 0 Å². The van der Waals surface area contributed by atoms with Gasteiger partial charge in [-0.1, -0.05) is 11.6 Å². The van der Waals surface area contributed by atoms with Gasteiger partial charge >= 0.3 is 0 Å². The summed E-state index contributed by atoms with van der Waals surface area (Å²) in [5.41, 5.74) is 0.939. The van der Waals surface area contributed by atoms with Crippen LogP contribution in [0.25, 0.3) is 0 Å². The summed E-state index contributed by atoms with van der Waals surface area (Å²) in [6, 6.07) is 0. The lowest BCUT2D eigenvalue weighted by atomic mass is 10.3. The molecule has 1 aliphatic heterocycles. The van der Waals surface area contributed by atoms with Crippen molar-refractivity contribution in [3.63, 3.8) is 0 Å². The fourth-order valence-corrected chi connectivity index (χ4v) is 2.11. The molecule has 0 saturated carbocycles. The van der Waals surface area contributed by atoms with Crippen LogP contribution in [0.1, 0.15) is 11.5 Å². The van der Waals surface area contributed by atoms with Crippen molar-refractivity contribution in [3.05, 3.63) is 41.5 Å². The number of halogens is 1. The highest BCUT2D eigenvalue weighted by atomic mass is 35.5. The Hall–Kier alpha value is -1.46. The van der Waals surface area contributed by atoms with Gasteiger partial charge in [-0.3, -0.25) is 9.88 Å². The lowest BCUT2D eigenvalue weighted by Crippen LogP contribution is -2.33. The minimum absolute atomic E-state index is 0.433. The van der Waals surface area contributed by atoms with Crippen molar-refractivity contribution in [2.75, 3.05) is 6.54 Å². The van der Waals surface area contributed by atoms with Gasteiger partial charge < -0.3 is 4.57 Å². The Kier molecular flexibility index (Phi) is 2.78. The maximum Gasteiger partial charge on any atom is 0.147 e. The van der Waals surface area contributed by atoms with Crippen LogP contribution in [-0.2, 0) is 19.6 Å². The maximum atomic E-state index is 5.71. The molecule has 17 heavy (non-hydrogen) atoms. The molecule has 0 aromatic carbocycles. The van der Waals surface area contributed by atoms with Gasteiger partial charge in [0.1, 0.15) is 11.0 Å². The molecule has 2 aromatic rings. The van der Waals surface area contributed by atoms with Crippen LogP contribution in [0.3, 0.4) is 0 Å². The summed E-state index contributed by atoms with van der Waals surface area (Å²) >= 11 is 5.71. The molecular formula is C11H12ClN5. The molecule has 1 aliphatic rings. The van der Waals surface area contributed by atoms with Gasteiger partial charge in [0, 0.05) is 32.0 Å². The molecule has 0 spiro atoms. The molecule has 0 unspecified atom stereocenters. The third kappa shape index (κ3) is 2.30. The minimum Gasteiger partial charge on any atom is -0.333 e. The summed E-state index contributed by atoms with van der Waals surface area (Å²) in [7, 11) is 0. The first-order valence-electron chi connectivity index (χ1n) is 5.50. The molecule has 0 aliphatic carbocycles. The topological polar surface area (TPSA) is 46.8 Å². The Balaban J connectivity index is 1.69. The zero-order valence-electron chi connectivity index (χ0n) is 9.25. The average Bonchev–Trinajstić information content (AvgIpc) is 2.79. The predicted octanol–water partition coefficient (Wildman–Crippen LogP) is 1.34. The van der Waals surface area contributed by atoms with Crippen LogP contribution in [0.2, 0.25) is 5.15 Å². The van der Waals surface area contributed by atoms with Crippen molar-refractivity contribution in [2.24, 2.45) is 0 Å². The molecule has 0 atom stereocenters. The Labute approximate surface area is 104 Å². The molecule has 5 nitrogen and oxygen atoms in total. The quantitative estimate of drug-likeness (QED) is 0.806. The Bertz CT molecular complexity index is 507. The van der Waals surface area contributed by atoms with Gasteiger partial charge in [-0.15, -0.1) is 0 Å². The summed E-state index contributed by atoms with van der Waals surface area (Å²) in [5.74, 6) is 1.11. The number of fused-ring (bicyclic) bond motifs is 1. The molecule has 2 aromatic heterocycles. The van der Waals surface area contributed by atoms with Crippen molar-refractivity contribution in [1.82, 2.24) is 24.4 Å². The first-order valence-corrected chi connectivity index (χ1v) is 5.88. The monoisotopic (exact) mass is 249 g/mol. The van der Waals surface area contributed by atoms with E-state index in [4.69, 9.17) is 11.6 Å². The third-order valence-electron chi connectivity index (χ3n) is 2.88. The SMILES string of the molecule is Clc1cnc(CN2CCn3ccnc3C2)cn1. The molecule has 0 fully saturated rings. The van der Waals surface area contributed by atoms with E-state index < -0.39 is 0 Å². The Morgan fingerprint density at radius 3 is 2.94 bits per heavy atom. The second-order valence-corrected chi connectivity index (χ2v) is 4.47. The second-order valence-electron chi connectivity index (χ2n) is 4.08. The highest BCUT2D eigenvalue weighted by Crippen LogP contribution is 2.12. The predicted molar refractivity (Wildman–Crippen MR) is 63.4 cm³/mol. The zero-order valence-corrected chi connectivity index (χ0v) is 10.0. The van der Waals surface area contributed by atoms with Gasteiger partial charge in [0.15, 0.2) is 0 Å². The lowest BCUT2D eigenvalue weighted by molar-refractivity contribution is 0.206. The number of aromatic nitrogens is 4. The van der Waals surface area contributed by atoms with Crippen molar-refractivity contribution in [3.8, 4) is 0 Å². The first kappa shape index (κ1) is 10.7. The van der Waals surface area contributed by atoms with E-state index in [2.05, 4.69) is 24.4 Å². The number of hydrogen-bond acceptors (Lipinski definition) is 4. The molecule has 3 rings (SSSR count). The highest BCUT2D eigenvalue weighted by molar-refractivity contribution is 6.29. The van der Waals surface area contributed by atoms with Gasteiger partial charge in [0.25, 0.3) is 0 Å². The normalized spacial score (nSPS) is 15.8. The van der Waals surface area contributed by atoms with Crippen molar-refractivity contribution < 1.29 is 0 Å². The van der Waals surface area contributed by atoms with Gasteiger partial charge in [-0.25, -0.2) is 9.97 Å². The molecule has 88 valence electrons. The highest BCUT2D eigenvalue weighted by Gasteiger charge is 2.16. The Morgan fingerprint density at radius 2 is 2.12 bits per heavy atom. The van der Waals surface area contributed by atoms with E-state index in [1.165, 1.54) is 0 Å². The van der Waals surface area contributed by atoms with E-state index in [9.17, 15) is 0 Å². The summed E-state index contributed by atoms with van der Waals surface area (Å²) in [4.78, 5) is 14.9. The van der Waals surface area contributed by atoms with E-state index in [0.717, 1.165) is 37.7 Å². The van der Waals surface area contributed by atoms with Gasteiger partial charge in [0.05, 0.1) is 24.6 Å². The summed E-state index contributed by atoms with van der Waals surface area (Å²) in [6.07, 6.45) is 7.18. The fourth-order valence-electron chi connectivity index (χ4n) is 2.01. The van der Waals surface area contributed by atoms with Crippen LogP contribution >= 0.6 is 11.6 Å². The standard InChI is InChI=1S/C11H12ClN5/c12-10-6-14-9(5-15-10)7-16-3-4-17-2-1-13-11(17)8-16/h1-2,5-6H,3-4,7-8H2. The van der Waals surface area contributed by atoms with Crippen molar-refractivity contribution in [2.45, 2.75) is 19.6 Å². The first-order chi connectivity index (χ1) is 8.31. The van der Waals surface area contributed by atoms with Crippen LogP contribution in [0, 0.1) is 0 Å². The molecule has 0 bridgehead atoms. The number of rotatable bonds is 2. The molecule has 3 heterocycles. The van der Waals surface area contributed by atoms with Crippen LogP contribution in [0.4, 0.5) is 0 Å². The molecule has 0 N–H and O–H groups in total. The van der Waals surface area contributed by atoms with Crippen LogP contribution in [0.15, 0.2) is 24.8 Å². The van der Waals surface area contributed by atoms with E-state index in [0.29, 0.717) is 5.15 Å². The number of hydrogen-bond donors (Lipinski definition) is 0. The molecule has 0 saturated heterocycles. The Morgan fingerprint density at radius 1 is 1.18 bits per heavy atom. The van der Waals surface area contributed by atoms with Crippen LogP contribution in [0.5, 0.6) is 0 Å². The zero-order chi connectivity index (χ0) is 11.7. The maximum absolute atomic E-state index is 5.71. The lowest BCUT2D eigenvalue weighted by Gasteiger charge is -2.26. The van der Waals surface area contributed by atoms with Crippen molar-refractivity contribution in [1.29, 1.82) is 0 Å². The van der Waals surface area contributed by atoms with Crippen LogP contribution in [-0.4, -0.2) is 31.0 Å². The van der Waals surface area contributed by atoms with Gasteiger partial charge in [-0.05, 0) is 0 Å². The summed E-state index contributed by atoms with van der Waals surface area (Å²) in [5, 5.41) is 0.433. The smallest absolute Gasteiger partial charge is 0.147 e. The third-order valence-corrected chi connectivity index (χ3v) is 3.08. The van der Waals surface area contributed by atoms with Crippen LogP contribution < -0.4 is 0 Å². The van der Waals surface area contributed by atoms with E-state index >= 15 is 0 Å². The minimum atomic E-state index is 0.433. The van der Waals surface area contributed by atoms with E-state index in [1.807, 2.05) is 12.4 Å². The molecule has 0 amide bonds. The largest absolute Gasteiger partial charge is 0.333 e. The second kappa shape index (κ2) is 4.43. The van der Waals surface area contributed by atoms with Gasteiger partial charge in [-0.2, -0.15) is 0 Å². The molecular weight excluding hydrogens is 238 g/mol. The molecule has 6 heteroatoms. The number of imidazole rings is 1.